The third-order valence-corrected chi connectivity index (χ3v) is 3.16. The maximum atomic E-state index is 13.0. The SMILES string of the molecule is COc1cc(COc2ccc(F)c(Cl)c2)ccc1CN. The minimum absolute atomic E-state index is 0.0403. The molecule has 0 aliphatic heterocycles. The molecule has 5 heteroatoms. The van der Waals surface area contributed by atoms with Crippen molar-refractivity contribution in [2.45, 2.75) is 13.2 Å². The lowest BCUT2D eigenvalue weighted by Crippen LogP contribution is -2.02. The molecule has 0 unspecified atom stereocenters. The number of hydrogen-bond acceptors (Lipinski definition) is 3. The molecular formula is C15H15ClFNO2. The van der Waals surface area contributed by atoms with Gasteiger partial charge in [0.15, 0.2) is 0 Å². The van der Waals surface area contributed by atoms with Gasteiger partial charge in [0.25, 0.3) is 0 Å². The molecule has 2 rings (SSSR count). The highest BCUT2D eigenvalue weighted by molar-refractivity contribution is 6.30. The molecule has 106 valence electrons. The first kappa shape index (κ1) is 14.6. The normalized spacial score (nSPS) is 10.4. The highest BCUT2D eigenvalue weighted by atomic mass is 35.5. The van der Waals surface area contributed by atoms with Crippen molar-refractivity contribution in [2.24, 2.45) is 5.73 Å². The molecule has 0 heterocycles. The molecule has 0 fully saturated rings. The van der Waals surface area contributed by atoms with Gasteiger partial charge in [0.2, 0.25) is 0 Å². The second-order valence-corrected chi connectivity index (χ2v) is 4.62. The topological polar surface area (TPSA) is 44.5 Å². The van der Waals surface area contributed by atoms with E-state index in [0.717, 1.165) is 16.9 Å². The Morgan fingerprint density at radius 3 is 2.65 bits per heavy atom. The summed E-state index contributed by atoms with van der Waals surface area (Å²) in [6.07, 6.45) is 0. The largest absolute Gasteiger partial charge is 0.496 e. The fourth-order valence-electron chi connectivity index (χ4n) is 1.78. The van der Waals surface area contributed by atoms with E-state index < -0.39 is 5.82 Å². The van der Waals surface area contributed by atoms with E-state index in [0.29, 0.717) is 18.9 Å². The van der Waals surface area contributed by atoms with Crippen LogP contribution in [0.4, 0.5) is 4.39 Å². The molecular weight excluding hydrogens is 281 g/mol. The van der Waals surface area contributed by atoms with Crippen molar-refractivity contribution in [2.75, 3.05) is 7.11 Å². The Morgan fingerprint density at radius 1 is 1.20 bits per heavy atom. The van der Waals surface area contributed by atoms with Gasteiger partial charge in [-0.3, -0.25) is 0 Å². The van der Waals surface area contributed by atoms with E-state index in [1.165, 1.54) is 18.2 Å². The van der Waals surface area contributed by atoms with Crippen molar-refractivity contribution in [1.82, 2.24) is 0 Å². The molecule has 0 bridgehead atoms. The van der Waals surface area contributed by atoms with E-state index in [2.05, 4.69) is 0 Å². The number of hydrogen-bond donors (Lipinski definition) is 1. The highest BCUT2D eigenvalue weighted by Crippen LogP contribution is 2.23. The summed E-state index contributed by atoms with van der Waals surface area (Å²) >= 11 is 5.69. The van der Waals surface area contributed by atoms with Crippen molar-refractivity contribution >= 4 is 11.6 Å². The van der Waals surface area contributed by atoms with Crippen molar-refractivity contribution in [1.29, 1.82) is 0 Å². The Bertz CT molecular complexity index is 604. The maximum absolute atomic E-state index is 13.0. The lowest BCUT2D eigenvalue weighted by atomic mass is 10.1. The lowest BCUT2D eigenvalue weighted by molar-refractivity contribution is 0.304. The number of nitrogens with two attached hydrogens (primary N) is 1. The van der Waals surface area contributed by atoms with Crippen LogP contribution in [0.3, 0.4) is 0 Å². The summed E-state index contributed by atoms with van der Waals surface area (Å²) in [5, 5.41) is 0.0403. The Balaban J connectivity index is 2.08. The van der Waals surface area contributed by atoms with Crippen LogP contribution in [0.2, 0.25) is 5.02 Å². The summed E-state index contributed by atoms with van der Waals surface area (Å²) in [5.41, 5.74) is 7.47. The number of benzene rings is 2. The summed E-state index contributed by atoms with van der Waals surface area (Å²) in [6.45, 7) is 0.751. The third-order valence-electron chi connectivity index (χ3n) is 2.87. The number of rotatable bonds is 5. The van der Waals surface area contributed by atoms with Crippen LogP contribution in [-0.2, 0) is 13.2 Å². The average molecular weight is 296 g/mol. The lowest BCUT2D eigenvalue weighted by Gasteiger charge is -2.11. The molecule has 0 aliphatic carbocycles. The molecule has 2 N–H and O–H groups in total. The Hall–Kier alpha value is -1.78. The third kappa shape index (κ3) is 3.40. The van der Waals surface area contributed by atoms with Crippen LogP contribution in [0.1, 0.15) is 11.1 Å². The summed E-state index contributed by atoms with van der Waals surface area (Å²) in [4.78, 5) is 0. The van der Waals surface area contributed by atoms with Crippen LogP contribution in [-0.4, -0.2) is 7.11 Å². The fourth-order valence-corrected chi connectivity index (χ4v) is 1.95. The first-order chi connectivity index (χ1) is 9.63. The Labute approximate surface area is 122 Å². The van der Waals surface area contributed by atoms with Crippen LogP contribution in [0.15, 0.2) is 36.4 Å². The van der Waals surface area contributed by atoms with Gasteiger partial charge in [0.05, 0.1) is 12.1 Å². The molecule has 0 aromatic heterocycles. The van der Waals surface area contributed by atoms with Crippen LogP contribution < -0.4 is 15.2 Å². The molecule has 0 saturated heterocycles. The van der Waals surface area contributed by atoms with Crippen molar-refractivity contribution < 1.29 is 13.9 Å². The van der Waals surface area contributed by atoms with Gasteiger partial charge in [-0.15, -0.1) is 0 Å². The van der Waals surface area contributed by atoms with Gasteiger partial charge in [-0.2, -0.15) is 0 Å². The predicted octanol–water partition coefficient (Wildman–Crippen LogP) is 3.53. The van der Waals surface area contributed by atoms with Crippen molar-refractivity contribution in [3.63, 3.8) is 0 Å². The van der Waals surface area contributed by atoms with Crippen molar-refractivity contribution in [3.05, 3.63) is 58.4 Å². The van der Waals surface area contributed by atoms with Gasteiger partial charge in [-0.05, 0) is 23.8 Å². The predicted molar refractivity (Wildman–Crippen MR) is 76.6 cm³/mol. The van der Waals surface area contributed by atoms with E-state index in [9.17, 15) is 4.39 Å². The second-order valence-electron chi connectivity index (χ2n) is 4.21. The fraction of sp³-hybridized carbons (Fsp3) is 0.200. The number of methoxy groups -OCH3 is 1. The standard InChI is InChI=1S/C15H15ClFNO2/c1-19-15-6-10(2-3-11(15)8-18)9-20-12-4-5-14(17)13(16)7-12/h2-7H,8-9,18H2,1H3. The van der Waals surface area contributed by atoms with Gasteiger partial charge >= 0.3 is 0 Å². The average Bonchev–Trinajstić information content (AvgIpc) is 2.48. The van der Waals surface area contributed by atoms with E-state index in [1.807, 2.05) is 18.2 Å². The number of ether oxygens (including phenoxy) is 2. The molecule has 3 nitrogen and oxygen atoms in total. The molecule has 0 saturated carbocycles. The Morgan fingerprint density at radius 2 is 2.00 bits per heavy atom. The summed E-state index contributed by atoms with van der Waals surface area (Å²) in [5.74, 6) is 0.775. The van der Waals surface area contributed by atoms with E-state index >= 15 is 0 Å². The van der Waals surface area contributed by atoms with E-state index in [4.69, 9.17) is 26.8 Å². The first-order valence-electron chi connectivity index (χ1n) is 6.07. The van der Waals surface area contributed by atoms with Crippen molar-refractivity contribution in [3.8, 4) is 11.5 Å². The molecule has 2 aromatic carbocycles. The van der Waals surface area contributed by atoms with Gasteiger partial charge < -0.3 is 15.2 Å². The van der Waals surface area contributed by atoms with Gasteiger partial charge in [0, 0.05) is 18.2 Å². The van der Waals surface area contributed by atoms with Crippen LogP contribution >= 0.6 is 11.6 Å². The minimum Gasteiger partial charge on any atom is -0.496 e. The molecule has 2 aromatic rings. The summed E-state index contributed by atoms with van der Waals surface area (Å²) < 4.78 is 23.8. The molecule has 0 aliphatic rings. The van der Waals surface area contributed by atoms with Crippen LogP contribution in [0.5, 0.6) is 11.5 Å². The van der Waals surface area contributed by atoms with E-state index in [1.54, 1.807) is 7.11 Å². The monoisotopic (exact) mass is 295 g/mol. The molecule has 0 radical (unpaired) electrons. The summed E-state index contributed by atoms with van der Waals surface area (Å²) in [7, 11) is 1.60. The van der Waals surface area contributed by atoms with Crippen LogP contribution in [0.25, 0.3) is 0 Å². The minimum atomic E-state index is -0.465. The summed E-state index contributed by atoms with van der Waals surface area (Å²) in [6, 6.07) is 9.93. The van der Waals surface area contributed by atoms with Gasteiger partial charge in [0.1, 0.15) is 23.9 Å². The smallest absolute Gasteiger partial charge is 0.142 e. The highest BCUT2D eigenvalue weighted by Gasteiger charge is 2.05. The van der Waals surface area contributed by atoms with Crippen LogP contribution in [0, 0.1) is 5.82 Å². The quantitative estimate of drug-likeness (QED) is 0.918. The zero-order valence-corrected chi connectivity index (χ0v) is 11.8. The maximum Gasteiger partial charge on any atom is 0.142 e. The molecule has 0 atom stereocenters. The molecule has 20 heavy (non-hydrogen) atoms. The van der Waals surface area contributed by atoms with Gasteiger partial charge in [-0.25, -0.2) is 4.39 Å². The zero-order chi connectivity index (χ0) is 14.5. The molecule has 0 spiro atoms. The van der Waals surface area contributed by atoms with E-state index in [-0.39, 0.29) is 5.02 Å². The zero-order valence-electron chi connectivity index (χ0n) is 11.0. The Kier molecular flexibility index (Phi) is 4.82. The van der Waals surface area contributed by atoms with Gasteiger partial charge in [-0.1, -0.05) is 23.7 Å². The first-order valence-corrected chi connectivity index (χ1v) is 6.45. The second kappa shape index (κ2) is 6.59. The molecule has 0 amide bonds. The number of halogens is 2.